The molecule has 4 heteroatoms. The number of nitrogens with two attached hydrogens (primary N) is 1. The van der Waals surface area contributed by atoms with E-state index in [9.17, 15) is 0 Å². The average molecular weight is 266 g/mol. The minimum Gasteiger partial charge on any atom is -0.330 e. The van der Waals surface area contributed by atoms with E-state index < -0.39 is 0 Å². The van der Waals surface area contributed by atoms with Crippen molar-refractivity contribution in [3.63, 3.8) is 0 Å². The number of rotatable bonds is 4. The summed E-state index contributed by atoms with van der Waals surface area (Å²) in [6, 6.07) is 8.37. The van der Waals surface area contributed by atoms with E-state index in [0.29, 0.717) is 5.25 Å². The van der Waals surface area contributed by atoms with Gasteiger partial charge < -0.3 is 5.73 Å². The van der Waals surface area contributed by atoms with Gasteiger partial charge in [-0.25, -0.2) is 4.99 Å². The van der Waals surface area contributed by atoms with Crippen LogP contribution in [0.1, 0.15) is 19.8 Å². The van der Waals surface area contributed by atoms with E-state index >= 15 is 0 Å². The Morgan fingerprint density at radius 3 is 3.00 bits per heavy atom. The predicted octanol–water partition coefficient (Wildman–Crippen LogP) is 3.68. The van der Waals surface area contributed by atoms with Crippen molar-refractivity contribution < 1.29 is 0 Å². The highest BCUT2D eigenvalue weighted by Crippen LogP contribution is 2.39. The first-order valence-corrected chi connectivity index (χ1v) is 7.85. The predicted molar refractivity (Wildman–Crippen MR) is 79.6 cm³/mol. The third kappa shape index (κ3) is 3.50. The lowest BCUT2D eigenvalue weighted by molar-refractivity contribution is 0.815. The van der Waals surface area contributed by atoms with Gasteiger partial charge >= 0.3 is 0 Å². The molecule has 0 saturated heterocycles. The van der Waals surface area contributed by atoms with Crippen molar-refractivity contribution in [2.45, 2.75) is 29.9 Å². The van der Waals surface area contributed by atoms with Crippen LogP contribution in [0.5, 0.6) is 0 Å². The first-order valence-electron chi connectivity index (χ1n) is 5.98. The van der Waals surface area contributed by atoms with E-state index in [1.807, 2.05) is 23.5 Å². The van der Waals surface area contributed by atoms with E-state index in [2.05, 4.69) is 31.2 Å². The van der Waals surface area contributed by atoms with Gasteiger partial charge in [-0.2, -0.15) is 0 Å². The Kier molecular flexibility index (Phi) is 4.95. The van der Waals surface area contributed by atoms with Gasteiger partial charge in [-0.3, -0.25) is 0 Å². The number of aliphatic imine (C=N–C) groups is 1. The molecule has 0 bridgehead atoms. The van der Waals surface area contributed by atoms with Gasteiger partial charge in [0.25, 0.3) is 0 Å². The van der Waals surface area contributed by atoms with Gasteiger partial charge in [0.15, 0.2) is 0 Å². The SMILES string of the molecule is CC1Sc2ccccc2N=C1SCCCCN. The Hall–Kier alpha value is -0.450. The molecule has 1 atom stereocenters. The third-order valence-corrected chi connectivity index (χ3v) is 5.15. The maximum Gasteiger partial charge on any atom is 0.0870 e. The van der Waals surface area contributed by atoms with Gasteiger partial charge in [0, 0.05) is 4.90 Å². The van der Waals surface area contributed by atoms with Crippen LogP contribution in [0.15, 0.2) is 34.2 Å². The van der Waals surface area contributed by atoms with Crippen molar-refractivity contribution >= 4 is 34.3 Å². The molecule has 1 aliphatic heterocycles. The summed E-state index contributed by atoms with van der Waals surface area (Å²) in [7, 11) is 0. The first-order chi connectivity index (χ1) is 8.31. The number of hydrogen-bond donors (Lipinski definition) is 1. The van der Waals surface area contributed by atoms with Crippen LogP contribution in [-0.2, 0) is 0 Å². The maximum absolute atomic E-state index is 5.49. The smallest absolute Gasteiger partial charge is 0.0870 e. The van der Waals surface area contributed by atoms with Crippen LogP contribution in [0.2, 0.25) is 0 Å². The molecule has 0 amide bonds. The monoisotopic (exact) mass is 266 g/mol. The van der Waals surface area contributed by atoms with Crippen molar-refractivity contribution in [1.82, 2.24) is 0 Å². The zero-order valence-electron chi connectivity index (χ0n) is 10.1. The first kappa shape index (κ1) is 13.0. The second-order valence-electron chi connectivity index (χ2n) is 4.02. The number of fused-ring (bicyclic) bond motifs is 1. The van der Waals surface area contributed by atoms with Crippen molar-refractivity contribution in [3.8, 4) is 0 Å². The van der Waals surface area contributed by atoms with Crippen LogP contribution in [0, 0.1) is 0 Å². The highest BCUT2D eigenvalue weighted by atomic mass is 32.2. The van der Waals surface area contributed by atoms with Gasteiger partial charge in [0.05, 0.1) is 16.0 Å². The van der Waals surface area contributed by atoms with Crippen LogP contribution < -0.4 is 5.73 Å². The van der Waals surface area contributed by atoms with E-state index in [4.69, 9.17) is 10.7 Å². The minimum absolute atomic E-state index is 0.479. The van der Waals surface area contributed by atoms with Crippen molar-refractivity contribution in [2.24, 2.45) is 10.7 Å². The second-order valence-corrected chi connectivity index (χ2v) is 6.52. The molecule has 17 heavy (non-hydrogen) atoms. The summed E-state index contributed by atoms with van der Waals surface area (Å²) in [4.78, 5) is 6.05. The van der Waals surface area contributed by atoms with Gasteiger partial charge in [-0.1, -0.05) is 12.1 Å². The molecule has 92 valence electrons. The molecule has 0 saturated carbocycles. The fourth-order valence-corrected chi connectivity index (χ4v) is 3.90. The highest BCUT2D eigenvalue weighted by molar-refractivity contribution is 8.16. The quantitative estimate of drug-likeness (QED) is 0.845. The largest absolute Gasteiger partial charge is 0.330 e. The summed E-state index contributed by atoms with van der Waals surface area (Å²) in [6.45, 7) is 3.02. The Labute approximate surface area is 111 Å². The van der Waals surface area contributed by atoms with Gasteiger partial charge in [0.2, 0.25) is 0 Å². The standard InChI is InChI=1S/C13H18N2S2/c1-10-13(16-9-5-4-8-14)15-11-6-2-3-7-12(11)17-10/h2-3,6-7,10H,4-5,8-9,14H2,1H3. The summed E-state index contributed by atoms with van der Waals surface area (Å²) in [5.41, 5.74) is 6.62. The highest BCUT2D eigenvalue weighted by Gasteiger charge is 2.19. The Bertz CT molecular complexity index is 404. The zero-order valence-corrected chi connectivity index (χ0v) is 11.7. The Balaban J connectivity index is 2.00. The lowest BCUT2D eigenvalue weighted by Crippen LogP contribution is -2.13. The van der Waals surface area contributed by atoms with Gasteiger partial charge in [-0.05, 0) is 44.2 Å². The molecule has 1 aromatic carbocycles. The van der Waals surface area contributed by atoms with Crippen LogP contribution in [-0.4, -0.2) is 22.6 Å². The van der Waals surface area contributed by atoms with E-state index in [1.165, 1.54) is 16.4 Å². The number of nitrogens with zero attached hydrogens (tertiary/aromatic N) is 1. The molecule has 0 aliphatic carbocycles. The van der Waals surface area contributed by atoms with Crippen LogP contribution in [0.3, 0.4) is 0 Å². The van der Waals surface area contributed by atoms with E-state index in [0.717, 1.165) is 24.4 Å². The van der Waals surface area contributed by atoms with Crippen LogP contribution >= 0.6 is 23.5 Å². The molecule has 0 spiro atoms. The normalized spacial score (nSPS) is 18.7. The summed E-state index contributed by atoms with van der Waals surface area (Å²) in [5, 5.41) is 1.73. The molecule has 2 rings (SSSR count). The topological polar surface area (TPSA) is 38.4 Å². The molecule has 1 heterocycles. The minimum atomic E-state index is 0.479. The van der Waals surface area contributed by atoms with Crippen LogP contribution in [0.4, 0.5) is 5.69 Å². The van der Waals surface area contributed by atoms with Gasteiger partial charge in [0.1, 0.15) is 0 Å². The van der Waals surface area contributed by atoms with E-state index in [1.54, 1.807) is 0 Å². The number of benzene rings is 1. The number of thioether (sulfide) groups is 2. The summed E-state index contributed by atoms with van der Waals surface area (Å²) in [5.74, 6) is 1.13. The fraction of sp³-hybridized carbons (Fsp3) is 0.462. The Morgan fingerprint density at radius 1 is 1.35 bits per heavy atom. The lowest BCUT2D eigenvalue weighted by atomic mass is 10.3. The molecule has 1 aromatic rings. The number of para-hydroxylation sites is 1. The molecule has 2 N–H and O–H groups in total. The van der Waals surface area contributed by atoms with Crippen molar-refractivity contribution in [3.05, 3.63) is 24.3 Å². The average Bonchev–Trinajstić information content (AvgIpc) is 2.35. The lowest BCUT2D eigenvalue weighted by Gasteiger charge is -2.20. The molecule has 2 nitrogen and oxygen atoms in total. The van der Waals surface area contributed by atoms with Gasteiger partial charge in [-0.15, -0.1) is 23.5 Å². The maximum atomic E-state index is 5.49. The summed E-state index contributed by atoms with van der Waals surface area (Å²) in [6.07, 6.45) is 2.29. The number of unbranched alkanes of at least 4 members (excludes halogenated alkanes) is 1. The van der Waals surface area contributed by atoms with Crippen molar-refractivity contribution in [2.75, 3.05) is 12.3 Å². The summed E-state index contributed by atoms with van der Waals surface area (Å²) >= 11 is 3.79. The molecule has 1 aliphatic rings. The molecular weight excluding hydrogens is 248 g/mol. The molecule has 0 fully saturated rings. The third-order valence-electron chi connectivity index (χ3n) is 2.60. The number of hydrogen-bond acceptors (Lipinski definition) is 4. The molecule has 0 aromatic heterocycles. The molecule has 0 radical (unpaired) electrons. The molecular formula is C13H18N2S2. The fourth-order valence-electron chi connectivity index (χ4n) is 1.67. The van der Waals surface area contributed by atoms with E-state index in [-0.39, 0.29) is 0 Å². The Morgan fingerprint density at radius 2 is 2.18 bits per heavy atom. The molecule has 1 unspecified atom stereocenters. The second kappa shape index (κ2) is 6.47. The zero-order chi connectivity index (χ0) is 12.1. The summed E-state index contributed by atoms with van der Waals surface area (Å²) < 4.78 is 0. The van der Waals surface area contributed by atoms with Crippen LogP contribution in [0.25, 0.3) is 0 Å². The van der Waals surface area contributed by atoms with Crippen molar-refractivity contribution in [1.29, 1.82) is 0 Å².